The summed E-state index contributed by atoms with van der Waals surface area (Å²) in [4.78, 5) is 14.7. The van der Waals surface area contributed by atoms with Crippen LogP contribution in [0.1, 0.15) is 16.8 Å². The van der Waals surface area contributed by atoms with Crippen LogP contribution in [0.4, 0.5) is 0 Å². The lowest BCUT2D eigenvalue weighted by Gasteiger charge is -2.16. The Balaban J connectivity index is 1.86. The lowest BCUT2D eigenvalue weighted by atomic mass is 10.1. The van der Waals surface area contributed by atoms with E-state index in [1.807, 2.05) is 0 Å². The van der Waals surface area contributed by atoms with Crippen LogP contribution in [0.5, 0.6) is 11.5 Å². The molecule has 1 aliphatic heterocycles. The normalized spacial score (nSPS) is 18.0. The Hall–Kier alpha value is -1.79. The molecule has 1 atom stereocenters. The van der Waals surface area contributed by atoms with E-state index in [1.165, 1.54) is 0 Å². The van der Waals surface area contributed by atoms with Crippen molar-refractivity contribution in [2.24, 2.45) is 5.92 Å². The predicted molar refractivity (Wildman–Crippen MR) is 88.3 cm³/mol. The van der Waals surface area contributed by atoms with Crippen molar-refractivity contribution in [3.05, 3.63) is 23.8 Å². The van der Waals surface area contributed by atoms with Gasteiger partial charge in [-0.05, 0) is 31.0 Å². The molecule has 2 rings (SSSR count). The van der Waals surface area contributed by atoms with Crippen LogP contribution in [-0.4, -0.2) is 64.9 Å². The van der Waals surface area contributed by atoms with Crippen LogP contribution in [0.15, 0.2) is 18.2 Å². The molecule has 1 fully saturated rings. The largest absolute Gasteiger partial charge is 0.497 e. The number of nitrogens with one attached hydrogen (secondary N) is 1. The third-order valence-corrected chi connectivity index (χ3v) is 4.19. The molecule has 0 aromatic heterocycles. The summed E-state index contributed by atoms with van der Waals surface area (Å²) in [7, 11) is 4.86. The Morgan fingerprint density at radius 1 is 1.30 bits per heavy atom. The highest BCUT2D eigenvalue weighted by Gasteiger charge is 2.23. The molecular weight excluding hydrogens is 296 g/mol. The number of benzene rings is 1. The third kappa shape index (κ3) is 4.84. The first kappa shape index (κ1) is 17.6. The minimum atomic E-state index is -0.111. The molecule has 6 heteroatoms. The molecule has 1 aromatic rings. The van der Waals surface area contributed by atoms with E-state index in [0.29, 0.717) is 29.5 Å². The zero-order chi connectivity index (χ0) is 16.7. The number of carbonyl (C=O) groups is 1. The van der Waals surface area contributed by atoms with Gasteiger partial charge in [-0.3, -0.25) is 4.79 Å². The van der Waals surface area contributed by atoms with Crippen molar-refractivity contribution in [1.82, 2.24) is 10.2 Å². The lowest BCUT2D eigenvalue weighted by molar-refractivity contribution is 0.0943. The Morgan fingerprint density at radius 2 is 2.13 bits per heavy atom. The lowest BCUT2D eigenvalue weighted by Crippen LogP contribution is -2.32. The molecule has 23 heavy (non-hydrogen) atoms. The van der Waals surface area contributed by atoms with Crippen molar-refractivity contribution in [1.29, 1.82) is 0 Å². The molecule has 0 radical (unpaired) electrons. The molecule has 0 saturated carbocycles. The smallest absolute Gasteiger partial charge is 0.255 e. The topological polar surface area (TPSA) is 60.0 Å². The second-order valence-electron chi connectivity index (χ2n) is 5.72. The van der Waals surface area contributed by atoms with Crippen molar-refractivity contribution in [2.75, 3.05) is 54.1 Å². The molecule has 1 N–H and O–H groups in total. The molecule has 1 aliphatic rings. The van der Waals surface area contributed by atoms with E-state index in [-0.39, 0.29) is 5.91 Å². The number of carbonyl (C=O) groups excluding carboxylic acids is 1. The van der Waals surface area contributed by atoms with Crippen LogP contribution in [-0.2, 0) is 4.74 Å². The number of methoxy groups -OCH3 is 3. The van der Waals surface area contributed by atoms with E-state index in [1.54, 1.807) is 39.5 Å². The van der Waals surface area contributed by atoms with Gasteiger partial charge >= 0.3 is 0 Å². The van der Waals surface area contributed by atoms with Gasteiger partial charge in [0, 0.05) is 32.8 Å². The van der Waals surface area contributed by atoms with Crippen LogP contribution in [0.25, 0.3) is 0 Å². The summed E-state index contributed by atoms with van der Waals surface area (Å²) < 4.78 is 15.5. The Bertz CT molecular complexity index is 521. The molecule has 0 aliphatic carbocycles. The third-order valence-electron chi connectivity index (χ3n) is 4.19. The molecule has 6 nitrogen and oxygen atoms in total. The van der Waals surface area contributed by atoms with E-state index in [4.69, 9.17) is 14.2 Å². The molecular formula is C17H26N2O4. The summed E-state index contributed by atoms with van der Waals surface area (Å²) in [6, 6.07) is 5.21. The van der Waals surface area contributed by atoms with Gasteiger partial charge in [-0.1, -0.05) is 0 Å². The molecule has 1 aromatic carbocycles. The van der Waals surface area contributed by atoms with Crippen LogP contribution in [0.3, 0.4) is 0 Å². The van der Waals surface area contributed by atoms with E-state index >= 15 is 0 Å². The summed E-state index contributed by atoms with van der Waals surface area (Å²) in [6.07, 6.45) is 1.10. The maximum absolute atomic E-state index is 12.4. The van der Waals surface area contributed by atoms with Gasteiger partial charge in [0.05, 0.1) is 26.4 Å². The molecule has 0 spiro atoms. The van der Waals surface area contributed by atoms with Gasteiger partial charge in [0.2, 0.25) is 0 Å². The van der Waals surface area contributed by atoms with Crippen molar-refractivity contribution < 1.29 is 19.0 Å². The number of rotatable bonds is 8. The minimum absolute atomic E-state index is 0.111. The van der Waals surface area contributed by atoms with Crippen LogP contribution in [0, 0.1) is 5.92 Å². The molecule has 1 heterocycles. The molecule has 1 saturated heterocycles. The Morgan fingerprint density at radius 3 is 2.83 bits per heavy atom. The quantitative estimate of drug-likeness (QED) is 0.784. The van der Waals surface area contributed by atoms with Gasteiger partial charge in [0.1, 0.15) is 11.5 Å². The summed E-state index contributed by atoms with van der Waals surface area (Å²) in [6.45, 7) is 4.45. The SMILES string of the molecule is COCCN1CCC(CNC(=O)c2ccc(OC)cc2OC)C1. The van der Waals surface area contributed by atoms with E-state index in [0.717, 1.165) is 32.7 Å². The fourth-order valence-electron chi connectivity index (χ4n) is 2.82. The summed E-state index contributed by atoms with van der Waals surface area (Å²) in [5.74, 6) is 1.57. The first-order valence-electron chi connectivity index (χ1n) is 7.89. The fourth-order valence-corrected chi connectivity index (χ4v) is 2.82. The maximum Gasteiger partial charge on any atom is 0.255 e. The van der Waals surface area contributed by atoms with E-state index in [2.05, 4.69) is 10.2 Å². The predicted octanol–water partition coefficient (Wildman–Crippen LogP) is 1.40. The summed E-state index contributed by atoms with van der Waals surface area (Å²) >= 11 is 0. The average molecular weight is 322 g/mol. The van der Waals surface area contributed by atoms with Gasteiger partial charge in [-0.25, -0.2) is 0 Å². The second-order valence-corrected chi connectivity index (χ2v) is 5.72. The van der Waals surface area contributed by atoms with Crippen LogP contribution in [0.2, 0.25) is 0 Å². The minimum Gasteiger partial charge on any atom is -0.497 e. The first-order valence-corrected chi connectivity index (χ1v) is 7.89. The van der Waals surface area contributed by atoms with Crippen LogP contribution >= 0.6 is 0 Å². The van der Waals surface area contributed by atoms with E-state index in [9.17, 15) is 4.79 Å². The fraction of sp³-hybridized carbons (Fsp3) is 0.588. The van der Waals surface area contributed by atoms with Crippen molar-refractivity contribution in [3.8, 4) is 11.5 Å². The van der Waals surface area contributed by atoms with Gasteiger partial charge in [0.15, 0.2) is 0 Å². The standard InChI is InChI=1S/C17H26N2O4/c1-21-9-8-19-7-6-13(12-19)11-18-17(20)15-5-4-14(22-2)10-16(15)23-3/h4-5,10,13H,6-9,11-12H2,1-3H3,(H,18,20). The zero-order valence-corrected chi connectivity index (χ0v) is 14.1. The van der Waals surface area contributed by atoms with Crippen molar-refractivity contribution in [2.45, 2.75) is 6.42 Å². The molecule has 1 unspecified atom stereocenters. The van der Waals surface area contributed by atoms with Gasteiger partial charge in [0.25, 0.3) is 5.91 Å². The van der Waals surface area contributed by atoms with Crippen molar-refractivity contribution in [3.63, 3.8) is 0 Å². The number of ether oxygens (including phenoxy) is 3. The van der Waals surface area contributed by atoms with Gasteiger partial charge < -0.3 is 24.4 Å². The highest BCUT2D eigenvalue weighted by atomic mass is 16.5. The Kier molecular flexibility index (Phi) is 6.67. The van der Waals surface area contributed by atoms with Crippen molar-refractivity contribution >= 4 is 5.91 Å². The molecule has 128 valence electrons. The number of likely N-dealkylation sites (tertiary alicyclic amines) is 1. The number of nitrogens with zero attached hydrogens (tertiary/aromatic N) is 1. The van der Waals surface area contributed by atoms with Crippen LogP contribution < -0.4 is 14.8 Å². The second kappa shape index (κ2) is 8.74. The number of hydrogen-bond donors (Lipinski definition) is 1. The highest BCUT2D eigenvalue weighted by molar-refractivity contribution is 5.97. The average Bonchev–Trinajstić information content (AvgIpc) is 3.05. The summed E-state index contributed by atoms with van der Waals surface area (Å²) in [5, 5.41) is 3.01. The maximum atomic E-state index is 12.4. The van der Waals surface area contributed by atoms with Gasteiger partial charge in [-0.2, -0.15) is 0 Å². The van der Waals surface area contributed by atoms with Gasteiger partial charge in [-0.15, -0.1) is 0 Å². The van der Waals surface area contributed by atoms with E-state index < -0.39 is 0 Å². The summed E-state index contributed by atoms with van der Waals surface area (Å²) in [5.41, 5.74) is 0.530. The molecule has 0 bridgehead atoms. The highest BCUT2D eigenvalue weighted by Crippen LogP contribution is 2.24. The number of amides is 1. The monoisotopic (exact) mass is 322 g/mol. The Labute approximate surface area is 137 Å². The number of hydrogen-bond acceptors (Lipinski definition) is 5. The molecule has 1 amide bonds. The first-order chi connectivity index (χ1) is 11.2. The zero-order valence-electron chi connectivity index (χ0n) is 14.1.